The first-order chi connectivity index (χ1) is 18.3. The van der Waals surface area contributed by atoms with Crippen LogP contribution in [0.5, 0.6) is 0 Å². The van der Waals surface area contributed by atoms with E-state index in [-0.39, 0.29) is 0 Å². The molecule has 0 aliphatic rings. The fraction of sp³-hybridized carbons (Fsp3) is 0.394. The molecule has 0 N–H and O–H groups in total. The molecule has 0 unspecified atom stereocenters. The molecule has 4 heteroatoms. The first-order valence-electron chi connectivity index (χ1n) is 14.3. The summed E-state index contributed by atoms with van der Waals surface area (Å²) >= 11 is 0. The van der Waals surface area contributed by atoms with Crippen LogP contribution in [0.15, 0.2) is 97.2 Å². The maximum atomic E-state index is 4.30. The van der Waals surface area contributed by atoms with Crippen LogP contribution < -0.4 is 15.9 Å². The molecule has 4 rings (SSSR count). The summed E-state index contributed by atoms with van der Waals surface area (Å²) in [6, 6.07) is 33.8. The average Bonchev–Trinajstić information content (AvgIpc) is 3.42. The van der Waals surface area contributed by atoms with Crippen molar-refractivity contribution in [1.29, 1.82) is 0 Å². The molecule has 3 nitrogen and oxygen atoms in total. The normalized spacial score (nSPS) is 11.6. The first-order valence-corrected chi connectivity index (χ1v) is 16.2. The second-order valence-corrected chi connectivity index (χ2v) is 13.7. The van der Waals surface area contributed by atoms with Crippen LogP contribution in [0.2, 0.25) is 0 Å². The summed E-state index contributed by atoms with van der Waals surface area (Å²) in [5, 5.41) is 13.1. The molecule has 0 saturated heterocycles. The van der Waals surface area contributed by atoms with Gasteiger partial charge in [-0.05, 0) is 68.5 Å². The third kappa shape index (κ3) is 7.62. The van der Waals surface area contributed by atoms with Gasteiger partial charge in [0.05, 0.1) is 11.9 Å². The van der Waals surface area contributed by atoms with Crippen molar-refractivity contribution in [1.82, 2.24) is 15.0 Å². The number of nitrogens with zero attached hydrogens (tertiary/aromatic N) is 3. The summed E-state index contributed by atoms with van der Waals surface area (Å²) in [6.45, 7) is 3.22. The van der Waals surface area contributed by atoms with Crippen molar-refractivity contribution in [3.63, 3.8) is 0 Å². The summed E-state index contributed by atoms with van der Waals surface area (Å²) in [5.41, 5.74) is 1.14. The molecular weight excluding hydrogens is 469 g/mol. The zero-order valence-electron chi connectivity index (χ0n) is 22.5. The third-order valence-corrected chi connectivity index (χ3v) is 11.9. The third-order valence-electron chi connectivity index (χ3n) is 7.34. The first kappa shape index (κ1) is 27.3. The summed E-state index contributed by atoms with van der Waals surface area (Å²) in [4.78, 5) is 0. The molecule has 0 fully saturated rings. The van der Waals surface area contributed by atoms with Crippen LogP contribution in [0.4, 0.5) is 0 Å². The lowest BCUT2D eigenvalue weighted by molar-refractivity contribution is 0.513. The zero-order valence-corrected chi connectivity index (χ0v) is 23.4. The largest absolute Gasteiger partial charge is 0.252 e. The van der Waals surface area contributed by atoms with E-state index in [9.17, 15) is 0 Å². The maximum absolute atomic E-state index is 4.30. The van der Waals surface area contributed by atoms with Crippen LogP contribution >= 0.6 is 7.26 Å². The Labute approximate surface area is 224 Å². The van der Waals surface area contributed by atoms with Gasteiger partial charge in [-0.2, -0.15) is 0 Å². The highest BCUT2D eigenvalue weighted by molar-refractivity contribution is 7.95. The fourth-order valence-electron chi connectivity index (χ4n) is 5.31. The minimum Gasteiger partial charge on any atom is -0.252 e. The van der Waals surface area contributed by atoms with E-state index in [0.29, 0.717) is 0 Å². The molecular formula is C33H43N3P+. The summed E-state index contributed by atoms with van der Waals surface area (Å²) in [5.74, 6) is 0. The minimum absolute atomic E-state index is 0.997. The van der Waals surface area contributed by atoms with Crippen molar-refractivity contribution in [3.05, 3.63) is 103 Å². The number of aromatic nitrogens is 3. The molecule has 0 radical (unpaired) electrons. The second-order valence-electron chi connectivity index (χ2n) is 10.1. The lowest BCUT2D eigenvalue weighted by Crippen LogP contribution is -2.33. The number of aryl methyl sites for hydroxylation is 2. The quantitative estimate of drug-likeness (QED) is 0.116. The van der Waals surface area contributed by atoms with Crippen molar-refractivity contribution in [2.24, 2.45) is 0 Å². The molecule has 194 valence electrons. The molecule has 0 bridgehead atoms. The maximum Gasteiger partial charge on any atom is 0.112 e. The highest BCUT2D eigenvalue weighted by Crippen LogP contribution is 2.56. The van der Waals surface area contributed by atoms with Crippen LogP contribution in [0, 0.1) is 0 Å². The lowest BCUT2D eigenvalue weighted by atomic mass is 10.1. The van der Waals surface area contributed by atoms with Crippen LogP contribution in [0.1, 0.15) is 70.4 Å². The van der Waals surface area contributed by atoms with E-state index in [4.69, 9.17) is 0 Å². The predicted octanol–water partition coefficient (Wildman–Crippen LogP) is 7.35. The Morgan fingerprint density at radius 2 is 1.08 bits per heavy atom. The predicted molar refractivity (Wildman–Crippen MR) is 161 cm³/mol. The minimum atomic E-state index is -1.67. The van der Waals surface area contributed by atoms with E-state index < -0.39 is 7.26 Å². The van der Waals surface area contributed by atoms with Crippen LogP contribution in [-0.4, -0.2) is 21.2 Å². The average molecular weight is 513 g/mol. The summed E-state index contributed by atoms with van der Waals surface area (Å²) < 4.78 is 2.03. The van der Waals surface area contributed by atoms with E-state index in [2.05, 4.69) is 114 Å². The summed E-state index contributed by atoms with van der Waals surface area (Å²) in [7, 11) is -1.67. The van der Waals surface area contributed by atoms with Crippen LogP contribution in [-0.2, 0) is 13.0 Å². The molecule has 3 aromatic carbocycles. The summed E-state index contributed by atoms with van der Waals surface area (Å²) in [6.07, 6.45) is 15.8. The molecule has 1 aromatic heterocycles. The van der Waals surface area contributed by atoms with Gasteiger partial charge in [-0.1, -0.05) is 98.8 Å². The van der Waals surface area contributed by atoms with Crippen molar-refractivity contribution in [3.8, 4) is 0 Å². The van der Waals surface area contributed by atoms with E-state index in [1.54, 1.807) is 0 Å². The Balaban J connectivity index is 1.28. The highest BCUT2D eigenvalue weighted by Gasteiger charge is 2.44. The van der Waals surface area contributed by atoms with Gasteiger partial charge in [0.25, 0.3) is 0 Å². The molecule has 0 spiro atoms. The smallest absolute Gasteiger partial charge is 0.112 e. The van der Waals surface area contributed by atoms with Gasteiger partial charge in [-0.15, -0.1) is 5.10 Å². The Kier molecular flexibility index (Phi) is 10.9. The van der Waals surface area contributed by atoms with E-state index in [1.165, 1.54) is 79.9 Å². The Hall–Kier alpha value is -2.77. The van der Waals surface area contributed by atoms with Gasteiger partial charge in [0.2, 0.25) is 0 Å². The molecule has 0 amide bonds. The molecule has 0 aliphatic carbocycles. The Morgan fingerprint density at radius 3 is 1.59 bits per heavy atom. The Morgan fingerprint density at radius 1 is 0.595 bits per heavy atom. The topological polar surface area (TPSA) is 30.7 Å². The number of benzene rings is 3. The highest BCUT2D eigenvalue weighted by atomic mass is 31.2. The van der Waals surface area contributed by atoms with Gasteiger partial charge in [-0.3, -0.25) is 4.68 Å². The molecule has 0 aliphatic heterocycles. The van der Waals surface area contributed by atoms with Gasteiger partial charge in [-0.25, -0.2) is 0 Å². The zero-order chi connectivity index (χ0) is 25.6. The van der Waals surface area contributed by atoms with Gasteiger partial charge in [0.15, 0.2) is 0 Å². The molecule has 4 aromatic rings. The van der Waals surface area contributed by atoms with Gasteiger partial charge in [0, 0.05) is 12.7 Å². The van der Waals surface area contributed by atoms with Gasteiger partial charge in [0.1, 0.15) is 23.2 Å². The van der Waals surface area contributed by atoms with Crippen molar-refractivity contribution < 1.29 is 0 Å². The second kappa shape index (κ2) is 14.8. The van der Waals surface area contributed by atoms with Crippen molar-refractivity contribution in [2.45, 2.75) is 77.7 Å². The molecule has 1 heterocycles. The molecule has 0 atom stereocenters. The number of hydrogen-bond donors (Lipinski definition) is 0. The van der Waals surface area contributed by atoms with Gasteiger partial charge >= 0.3 is 0 Å². The van der Waals surface area contributed by atoms with Crippen LogP contribution in [0.25, 0.3) is 0 Å². The van der Waals surface area contributed by atoms with E-state index >= 15 is 0 Å². The number of hydrogen-bond acceptors (Lipinski definition) is 2. The molecule has 37 heavy (non-hydrogen) atoms. The van der Waals surface area contributed by atoms with E-state index in [0.717, 1.165) is 18.7 Å². The Bertz CT molecular complexity index is 1050. The number of unbranched alkanes of at least 4 members (excludes halogenated alkanes) is 7. The SMILES string of the molecule is CCCCc1cn(CCCCCCCCC[P+](c2ccccc2)(c2ccccc2)c2ccccc2)nn1. The fourth-order valence-corrected chi connectivity index (χ4v) is 9.72. The monoisotopic (exact) mass is 512 g/mol. The van der Waals surface area contributed by atoms with Gasteiger partial charge < -0.3 is 0 Å². The van der Waals surface area contributed by atoms with E-state index in [1.807, 2.05) is 4.68 Å². The standard InChI is InChI=1S/C33H43N3P/c1-2-3-20-30-29-36(35-34-30)27-18-7-5-4-6-8-19-28-37(31-21-12-9-13-22-31,32-23-14-10-15-24-32)33-25-16-11-17-26-33/h9-17,21-26,29H,2-8,18-20,27-28H2,1H3/q+1. The van der Waals surface area contributed by atoms with Crippen LogP contribution in [0.3, 0.4) is 0 Å². The van der Waals surface area contributed by atoms with Crippen molar-refractivity contribution >= 4 is 23.2 Å². The lowest BCUT2D eigenvalue weighted by Gasteiger charge is -2.27. The van der Waals surface area contributed by atoms with Crippen molar-refractivity contribution in [2.75, 3.05) is 6.16 Å². The molecule has 0 saturated carbocycles. The number of rotatable bonds is 16.